The van der Waals surface area contributed by atoms with Crippen molar-refractivity contribution < 1.29 is 18.0 Å². The minimum atomic E-state index is -4.17. The van der Waals surface area contributed by atoms with E-state index in [1.807, 2.05) is 44.2 Å². The van der Waals surface area contributed by atoms with Gasteiger partial charge in [-0.15, -0.1) is 0 Å². The smallest absolute Gasteiger partial charge is 0.264 e. The van der Waals surface area contributed by atoms with Crippen LogP contribution in [0.5, 0.6) is 0 Å². The Labute approximate surface area is 269 Å². The molecule has 230 valence electrons. The first-order valence-corrected chi connectivity index (χ1v) is 16.4. The zero-order chi connectivity index (χ0) is 31.7. The van der Waals surface area contributed by atoms with Gasteiger partial charge in [-0.3, -0.25) is 13.9 Å². The molecule has 0 aromatic heterocycles. The van der Waals surface area contributed by atoms with Crippen LogP contribution in [0.4, 0.5) is 5.69 Å². The maximum absolute atomic E-state index is 14.5. The Hall–Kier alpha value is -3.85. The molecule has 0 aliphatic heterocycles. The topological polar surface area (TPSA) is 86.8 Å². The molecule has 44 heavy (non-hydrogen) atoms. The van der Waals surface area contributed by atoms with Crippen LogP contribution in [0.1, 0.15) is 25.0 Å². The fourth-order valence-electron chi connectivity index (χ4n) is 4.67. The summed E-state index contributed by atoms with van der Waals surface area (Å²) in [4.78, 5) is 29.7. The summed E-state index contributed by atoms with van der Waals surface area (Å²) in [5.41, 5.74) is 1.59. The number of hydrogen-bond donors (Lipinski definition) is 1. The number of para-hydroxylation sites is 1. The third-order valence-corrected chi connectivity index (χ3v) is 9.50. The first-order valence-electron chi connectivity index (χ1n) is 14.2. The van der Waals surface area contributed by atoms with Crippen molar-refractivity contribution in [2.45, 2.75) is 37.8 Å². The van der Waals surface area contributed by atoms with Crippen molar-refractivity contribution in [2.75, 3.05) is 17.4 Å². The molecule has 10 heteroatoms. The van der Waals surface area contributed by atoms with E-state index in [2.05, 4.69) is 5.32 Å². The first-order chi connectivity index (χ1) is 21.1. The fourth-order valence-corrected chi connectivity index (χ4v) is 6.63. The molecule has 4 rings (SSSR count). The van der Waals surface area contributed by atoms with E-state index in [0.29, 0.717) is 27.8 Å². The number of halogens is 2. The molecule has 0 aliphatic rings. The summed E-state index contributed by atoms with van der Waals surface area (Å²) < 4.78 is 29.0. The Morgan fingerprint density at radius 3 is 1.89 bits per heavy atom. The van der Waals surface area contributed by atoms with Gasteiger partial charge in [-0.2, -0.15) is 0 Å². The van der Waals surface area contributed by atoms with E-state index in [9.17, 15) is 18.0 Å². The molecular weight excluding hydrogens is 617 g/mol. The van der Waals surface area contributed by atoms with Gasteiger partial charge in [0.05, 0.1) is 10.6 Å². The van der Waals surface area contributed by atoms with Crippen molar-refractivity contribution in [3.05, 3.63) is 130 Å². The molecule has 1 atom stereocenters. The molecule has 1 N–H and O–H groups in total. The Kier molecular flexibility index (Phi) is 11.4. The predicted octanol–water partition coefficient (Wildman–Crippen LogP) is 6.60. The van der Waals surface area contributed by atoms with Crippen LogP contribution in [0.25, 0.3) is 0 Å². The first kappa shape index (κ1) is 33.1. The third-order valence-electron chi connectivity index (χ3n) is 7.00. The zero-order valence-corrected chi connectivity index (χ0v) is 26.9. The van der Waals surface area contributed by atoms with E-state index in [0.717, 1.165) is 9.87 Å². The average Bonchev–Trinajstić information content (AvgIpc) is 3.02. The maximum atomic E-state index is 14.5. The summed E-state index contributed by atoms with van der Waals surface area (Å²) in [6, 6.07) is 29.7. The summed E-state index contributed by atoms with van der Waals surface area (Å²) in [5, 5.41) is 3.62. The molecule has 7 nitrogen and oxygen atoms in total. The van der Waals surface area contributed by atoms with E-state index >= 15 is 0 Å². The SMILES string of the molecule is CC(C)CNC(=O)[C@H](Cc1ccccc1)N(Cc1c(Cl)cccc1Cl)C(=O)CN(c1ccccc1)S(=O)(=O)c1ccccc1. The number of anilines is 1. The van der Waals surface area contributed by atoms with Gasteiger partial charge >= 0.3 is 0 Å². The third kappa shape index (κ3) is 8.40. The van der Waals surface area contributed by atoms with E-state index in [-0.39, 0.29) is 29.7 Å². The Morgan fingerprint density at radius 1 is 0.773 bits per heavy atom. The fraction of sp³-hybridized carbons (Fsp3) is 0.235. The highest BCUT2D eigenvalue weighted by Gasteiger charge is 2.35. The van der Waals surface area contributed by atoms with Crippen LogP contribution in [0.3, 0.4) is 0 Å². The number of amides is 2. The molecule has 0 saturated heterocycles. The van der Waals surface area contributed by atoms with Crippen LogP contribution in [0.15, 0.2) is 114 Å². The summed E-state index contributed by atoms with van der Waals surface area (Å²) in [7, 11) is -4.17. The average molecular weight is 653 g/mol. The molecule has 0 saturated carbocycles. The number of benzene rings is 4. The van der Waals surface area contributed by atoms with Gasteiger partial charge in [-0.25, -0.2) is 8.42 Å². The normalized spacial score (nSPS) is 12.0. The summed E-state index contributed by atoms with van der Waals surface area (Å²) in [5.74, 6) is -0.788. The van der Waals surface area contributed by atoms with Crippen molar-refractivity contribution in [1.82, 2.24) is 10.2 Å². The van der Waals surface area contributed by atoms with Crippen molar-refractivity contribution in [1.29, 1.82) is 0 Å². The molecule has 4 aromatic rings. The van der Waals surface area contributed by atoms with Gasteiger partial charge in [0.25, 0.3) is 10.0 Å². The van der Waals surface area contributed by atoms with Gasteiger partial charge in [0.1, 0.15) is 12.6 Å². The second-order valence-electron chi connectivity index (χ2n) is 10.7. The molecule has 0 unspecified atom stereocenters. The van der Waals surface area contributed by atoms with Gasteiger partial charge in [0.15, 0.2) is 0 Å². The minimum Gasteiger partial charge on any atom is -0.354 e. The quantitative estimate of drug-likeness (QED) is 0.176. The van der Waals surface area contributed by atoms with Crippen molar-refractivity contribution >= 4 is 50.7 Å². The number of hydrogen-bond acceptors (Lipinski definition) is 4. The molecule has 0 bridgehead atoms. The Morgan fingerprint density at radius 2 is 1.32 bits per heavy atom. The molecular formula is C34H35Cl2N3O4S. The van der Waals surface area contributed by atoms with Crippen molar-refractivity contribution in [3.8, 4) is 0 Å². The predicted molar refractivity (Wildman–Crippen MR) is 176 cm³/mol. The highest BCUT2D eigenvalue weighted by atomic mass is 35.5. The lowest BCUT2D eigenvalue weighted by Gasteiger charge is -2.34. The molecule has 0 heterocycles. The number of nitrogens with one attached hydrogen (secondary N) is 1. The van der Waals surface area contributed by atoms with Gasteiger partial charge in [0, 0.05) is 35.1 Å². The number of nitrogens with zero attached hydrogens (tertiary/aromatic N) is 2. The summed E-state index contributed by atoms with van der Waals surface area (Å²) in [6.07, 6.45) is 0.190. The van der Waals surface area contributed by atoms with Gasteiger partial charge in [-0.05, 0) is 47.9 Å². The maximum Gasteiger partial charge on any atom is 0.264 e. The number of carbonyl (C=O) groups excluding carboxylic acids is 2. The van der Waals surface area contributed by atoms with Crippen LogP contribution in [-0.4, -0.2) is 44.3 Å². The molecule has 0 aliphatic carbocycles. The van der Waals surface area contributed by atoms with Crippen LogP contribution in [0.2, 0.25) is 10.0 Å². The van der Waals surface area contributed by atoms with Crippen LogP contribution < -0.4 is 9.62 Å². The highest BCUT2D eigenvalue weighted by molar-refractivity contribution is 7.92. The van der Waals surface area contributed by atoms with Crippen molar-refractivity contribution in [2.24, 2.45) is 5.92 Å². The second kappa shape index (κ2) is 15.2. The molecule has 4 aromatic carbocycles. The molecule has 0 fully saturated rings. The number of carbonyl (C=O) groups is 2. The summed E-state index contributed by atoms with van der Waals surface area (Å²) >= 11 is 13.1. The van der Waals surface area contributed by atoms with Gasteiger partial charge in [-0.1, -0.05) is 110 Å². The van der Waals surface area contributed by atoms with Crippen LogP contribution in [-0.2, 0) is 32.6 Å². The number of sulfonamides is 1. The molecule has 2 amide bonds. The second-order valence-corrected chi connectivity index (χ2v) is 13.4. The monoisotopic (exact) mass is 651 g/mol. The standard InChI is InChI=1S/C34H35Cl2N3O4S/c1-25(2)22-37-34(41)32(21-26-13-6-3-7-14-26)38(23-29-30(35)19-12-20-31(29)36)33(40)24-39(27-15-8-4-9-16-27)44(42,43)28-17-10-5-11-18-28/h3-20,25,32H,21-24H2,1-2H3,(H,37,41)/t32-/m0/s1. The molecule has 0 spiro atoms. The van der Waals surface area contributed by atoms with Crippen molar-refractivity contribution in [3.63, 3.8) is 0 Å². The van der Waals surface area contributed by atoms with Crippen LogP contribution in [0, 0.1) is 5.92 Å². The Bertz CT molecular complexity index is 1630. The number of rotatable bonds is 13. The van der Waals surface area contributed by atoms with E-state index in [4.69, 9.17) is 23.2 Å². The zero-order valence-electron chi connectivity index (χ0n) is 24.6. The summed E-state index contributed by atoms with van der Waals surface area (Å²) in [6.45, 7) is 3.68. The lowest BCUT2D eigenvalue weighted by Crippen LogP contribution is -2.53. The largest absolute Gasteiger partial charge is 0.354 e. The van der Waals surface area contributed by atoms with E-state index in [1.165, 1.54) is 17.0 Å². The van der Waals surface area contributed by atoms with Gasteiger partial charge in [0.2, 0.25) is 11.8 Å². The van der Waals surface area contributed by atoms with Gasteiger partial charge < -0.3 is 10.2 Å². The molecule has 0 radical (unpaired) electrons. The van der Waals surface area contributed by atoms with E-state index in [1.54, 1.807) is 66.7 Å². The minimum absolute atomic E-state index is 0.0351. The van der Waals surface area contributed by atoms with E-state index < -0.39 is 28.5 Å². The highest BCUT2D eigenvalue weighted by Crippen LogP contribution is 2.29. The Balaban J connectivity index is 1.81. The van der Waals surface area contributed by atoms with Crippen LogP contribution >= 0.6 is 23.2 Å². The lowest BCUT2D eigenvalue weighted by molar-refractivity contribution is -0.140. The lowest BCUT2D eigenvalue weighted by atomic mass is 10.0.